The molecule has 7 nitrogen and oxygen atoms in total. The van der Waals surface area contributed by atoms with Crippen LogP contribution in [-0.2, 0) is 11.2 Å². The number of pyridine rings is 1. The van der Waals surface area contributed by atoms with Crippen molar-refractivity contribution in [1.82, 2.24) is 20.8 Å². The Morgan fingerprint density at radius 3 is 3.04 bits per heavy atom. The van der Waals surface area contributed by atoms with Crippen LogP contribution in [0.25, 0.3) is 6.08 Å². The zero-order valence-corrected chi connectivity index (χ0v) is 14.1. The molecule has 1 aliphatic rings. The van der Waals surface area contributed by atoms with E-state index in [4.69, 9.17) is 5.21 Å². The molecule has 25 heavy (non-hydrogen) atoms. The molecular weight excluding hydrogens is 345 g/mol. The molecule has 3 rings (SSSR count). The number of nitrogens with one attached hydrogen (secondary N) is 3. The Balaban J connectivity index is 1.76. The molecule has 4 N–H and O–H groups in total. The number of hydrogen-bond donors (Lipinski definition) is 4. The number of carbonyl (C=O) groups excluding carboxylic acids is 1. The summed E-state index contributed by atoms with van der Waals surface area (Å²) in [5.74, 6) is -1.02. The fourth-order valence-electron chi connectivity index (χ4n) is 2.77. The minimum atomic E-state index is -0.693. The van der Waals surface area contributed by atoms with Crippen molar-refractivity contribution in [3.8, 4) is 0 Å². The van der Waals surface area contributed by atoms with Gasteiger partial charge in [-0.15, -0.1) is 11.3 Å². The number of rotatable bonds is 6. The summed E-state index contributed by atoms with van der Waals surface area (Å²) in [4.78, 5) is 19.4. The molecule has 0 aliphatic carbocycles. The Bertz CT molecular complexity index is 760. The number of hydrogen-bond acceptors (Lipinski definition) is 7. The first-order valence-corrected chi connectivity index (χ1v) is 8.63. The highest BCUT2D eigenvalue weighted by Gasteiger charge is 2.35. The fraction of sp³-hybridized carbons (Fsp3) is 0.312. The maximum absolute atomic E-state index is 14.4. The van der Waals surface area contributed by atoms with E-state index in [0.717, 1.165) is 24.0 Å². The minimum Gasteiger partial charge on any atom is -0.360 e. The van der Waals surface area contributed by atoms with Crippen molar-refractivity contribution in [2.45, 2.75) is 18.4 Å². The van der Waals surface area contributed by atoms with Gasteiger partial charge in [-0.3, -0.25) is 10.0 Å². The monoisotopic (exact) mass is 363 g/mol. The first-order valence-electron chi connectivity index (χ1n) is 7.75. The molecule has 0 bridgehead atoms. The average Bonchev–Trinajstić information content (AvgIpc) is 3.28. The van der Waals surface area contributed by atoms with E-state index >= 15 is 0 Å². The third-order valence-corrected chi connectivity index (χ3v) is 4.78. The lowest BCUT2D eigenvalue weighted by molar-refractivity contribution is -0.124. The van der Waals surface area contributed by atoms with Gasteiger partial charge in [0.1, 0.15) is 0 Å². The van der Waals surface area contributed by atoms with E-state index in [1.165, 1.54) is 23.8 Å². The van der Waals surface area contributed by atoms with Crippen molar-refractivity contribution < 1.29 is 14.4 Å². The molecule has 1 fully saturated rings. The lowest BCUT2D eigenvalue weighted by atomic mass is 9.94. The summed E-state index contributed by atoms with van der Waals surface area (Å²) in [5, 5.41) is 17.9. The first-order chi connectivity index (χ1) is 12.1. The number of anilines is 1. The Kier molecular flexibility index (Phi) is 5.37. The molecule has 3 heterocycles. The number of thiazole rings is 1. The summed E-state index contributed by atoms with van der Waals surface area (Å²) in [6.07, 6.45) is 7.22. The summed E-state index contributed by atoms with van der Waals surface area (Å²) >= 11 is 1.58. The van der Waals surface area contributed by atoms with Crippen LogP contribution < -0.4 is 16.1 Å². The van der Waals surface area contributed by atoms with E-state index in [0.29, 0.717) is 18.5 Å². The molecule has 0 spiro atoms. The minimum absolute atomic E-state index is 0.170. The van der Waals surface area contributed by atoms with Gasteiger partial charge in [-0.1, -0.05) is 0 Å². The smallest absolute Gasteiger partial charge is 0.267 e. The van der Waals surface area contributed by atoms with E-state index in [1.807, 2.05) is 5.38 Å². The zero-order valence-electron chi connectivity index (χ0n) is 13.3. The molecule has 0 unspecified atom stereocenters. The van der Waals surface area contributed by atoms with E-state index in [9.17, 15) is 9.18 Å². The van der Waals surface area contributed by atoms with Crippen LogP contribution in [0.1, 0.15) is 17.0 Å². The van der Waals surface area contributed by atoms with Gasteiger partial charge in [0.15, 0.2) is 11.6 Å². The van der Waals surface area contributed by atoms with Gasteiger partial charge in [-0.05, 0) is 30.7 Å². The van der Waals surface area contributed by atoms with Crippen molar-refractivity contribution in [2.75, 3.05) is 18.4 Å². The molecule has 9 heteroatoms. The van der Waals surface area contributed by atoms with Gasteiger partial charge in [-0.25, -0.2) is 19.8 Å². The quantitative estimate of drug-likeness (QED) is 0.353. The number of carbonyl (C=O) groups is 1. The van der Waals surface area contributed by atoms with E-state index in [-0.39, 0.29) is 11.4 Å². The number of aromatic nitrogens is 2. The van der Waals surface area contributed by atoms with Crippen LogP contribution in [0.4, 0.5) is 10.2 Å². The van der Waals surface area contributed by atoms with E-state index in [2.05, 4.69) is 20.6 Å². The summed E-state index contributed by atoms with van der Waals surface area (Å²) < 4.78 is 14.4. The zero-order chi connectivity index (χ0) is 17.7. The molecule has 1 atom stereocenters. The highest BCUT2D eigenvalue weighted by molar-refractivity contribution is 7.09. The van der Waals surface area contributed by atoms with Gasteiger partial charge in [0.25, 0.3) is 5.91 Å². The van der Waals surface area contributed by atoms with Crippen molar-refractivity contribution in [2.24, 2.45) is 0 Å². The summed E-state index contributed by atoms with van der Waals surface area (Å²) in [5.41, 5.74) is 1.56. The Labute approximate surface area is 148 Å². The number of halogens is 1. The van der Waals surface area contributed by atoms with Gasteiger partial charge in [0, 0.05) is 36.8 Å². The second kappa shape index (κ2) is 7.68. The molecule has 1 aliphatic heterocycles. The molecule has 1 amide bonds. The third kappa shape index (κ3) is 4.38. The van der Waals surface area contributed by atoms with Crippen molar-refractivity contribution in [3.05, 3.63) is 46.3 Å². The Morgan fingerprint density at radius 1 is 1.52 bits per heavy atom. The summed E-state index contributed by atoms with van der Waals surface area (Å²) in [6, 6.07) is 1.29. The topological polar surface area (TPSA) is 99.2 Å². The summed E-state index contributed by atoms with van der Waals surface area (Å²) in [6.45, 7) is 1.54. The number of nitrogens with zero attached hydrogens (tertiary/aromatic N) is 2. The van der Waals surface area contributed by atoms with Crippen molar-refractivity contribution in [3.63, 3.8) is 0 Å². The maximum atomic E-state index is 14.4. The van der Waals surface area contributed by atoms with Crippen LogP contribution in [0.2, 0.25) is 0 Å². The van der Waals surface area contributed by atoms with Gasteiger partial charge in [0.2, 0.25) is 0 Å². The Morgan fingerprint density at radius 2 is 2.40 bits per heavy atom. The molecule has 0 radical (unpaired) electrons. The number of amides is 1. The van der Waals surface area contributed by atoms with Crippen LogP contribution in [0.15, 0.2) is 29.9 Å². The first kappa shape index (κ1) is 17.5. The van der Waals surface area contributed by atoms with Crippen LogP contribution in [0.5, 0.6) is 0 Å². The molecular formula is C16H18FN5O2S. The Hall–Kier alpha value is -2.36. The highest BCUT2D eigenvalue weighted by Crippen LogP contribution is 2.27. The molecule has 2 aromatic rings. The van der Waals surface area contributed by atoms with E-state index in [1.54, 1.807) is 17.5 Å². The van der Waals surface area contributed by atoms with E-state index < -0.39 is 11.7 Å². The normalized spacial score (nSPS) is 20.1. The predicted octanol–water partition coefficient (Wildman–Crippen LogP) is 1.58. The second-order valence-electron chi connectivity index (χ2n) is 5.84. The molecule has 0 aromatic carbocycles. The largest absolute Gasteiger partial charge is 0.360 e. The molecule has 0 saturated carbocycles. The number of hydroxylamine groups is 1. The van der Waals surface area contributed by atoms with Crippen LogP contribution in [0.3, 0.4) is 0 Å². The fourth-order valence-corrected chi connectivity index (χ4v) is 3.53. The SMILES string of the molecule is O=C(/C=C/c1cnc(N[C@@]2(Cc3nccs3)CCNC2)c(F)c1)NO. The maximum Gasteiger partial charge on any atom is 0.267 e. The van der Waals surface area contributed by atoms with Crippen molar-refractivity contribution >= 4 is 29.1 Å². The molecule has 1 saturated heterocycles. The molecule has 2 aromatic heterocycles. The average molecular weight is 363 g/mol. The predicted molar refractivity (Wildman–Crippen MR) is 92.8 cm³/mol. The lowest BCUT2D eigenvalue weighted by Crippen LogP contribution is -2.43. The molecule has 132 valence electrons. The lowest BCUT2D eigenvalue weighted by Gasteiger charge is -2.29. The van der Waals surface area contributed by atoms with Gasteiger partial charge in [-0.2, -0.15) is 0 Å². The van der Waals surface area contributed by atoms with Gasteiger partial charge >= 0.3 is 0 Å². The van der Waals surface area contributed by atoms with Crippen molar-refractivity contribution in [1.29, 1.82) is 0 Å². The summed E-state index contributed by atoms with van der Waals surface area (Å²) in [7, 11) is 0. The highest BCUT2D eigenvalue weighted by atomic mass is 32.1. The van der Waals surface area contributed by atoms with Crippen LogP contribution in [-0.4, -0.2) is 39.7 Å². The third-order valence-electron chi connectivity index (χ3n) is 4.00. The van der Waals surface area contributed by atoms with Crippen LogP contribution in [0, 0.1) is 5.82 Å². The van der Waals surface area contributed by atoms with Crippen LogP contribution >= 0.6 is 11.3 Å². The standard InChI is InChI=1S/C16H18FN5O2S/c17-12-7-11(1-2-13(23)22-24)9-20-15(12)21-16(3-4-18-10-16)8-14-19-5-6-25-14/h1-2,5-7,9,18,24H,3-4,8,10H2,(H,20,21)(H,22,23)/b2-1+/t16-/m1/s1. The second-order valence-corrected chi connectivity index (χ2v) is 6.82. The van der Waals surface area contributed by atoms with Gasteiger partial charge in [0.05, 0.1) is 10.5 Å². The van der Waals surface area contributed by atoms with Gasteiger partial charge < -0.3 is 10.6 Å².